The number of rotatable bonds is 5. The van der Waals surface area contributed by atoms with E-state index in [0.29, 0.717) is 16.9 Å². The first-order valence-electron chi connectivity index (χ1n) is 8.84. The number of hydrogen-bond acceptors (Lipinski definition) is 8. The Morgan fingerprint density at radius 2 is 1.84 bits per heavy atom. The molecule has 11 heteroatoms. The van der Waals surface area contributed by atoms with Crippen LogP contribution in [0.25, 0.3) is 22.3 Å². The molecule has 0 radical (unpaired) electrons. The molecule has 1 aromatic carbocycles. The molecule has 0 saturated heterocycles. The van der Waals surface area contributed by atoms with Gasteiger partial charge in [0.05, 0.1) is 27.7 Å². The molecule has 1 amide bonds. The van der Waals surface area contributed by atoms with E-state index in [1.807, 2.05) is 0 Å². The predicted molar refractivity (Wildman–Crippen MR) is 110 cm³/mol. The fraction of sp³-hybridized carbons (Fsp3) is 0.0500. The monoisotopic (exact) mass is 437 g/mol. The Morgan fingerprint density at radius 1 is 1.10 bits per heavy atom. The quantitative estimate of drug-likeness (QED) is 0.491. The molecule has 3 aromatic heterocycles. The zero-order chi connectivity index (χ0) is 22.2. The van der Waals surface area contributed by atoms with Gasteiger partial charge in [0.1, 0.15) is 0 Å². The van der Waals surface area contributed by atoms with Gasteiger partial charge in [-0.15, -0.1) is 0 Å². The number of carbonyl (C=O) groups excluding carboxylic acids is 2. The Bertz CT molecular complexity index is 1410. The van der Waals surface area contributed by atoms with Gasteiger partial charge < -0.3 is 10.6 Å². The maximum Gasteiger partial charge on any atom is 0.366 e. The normalized spacial score (nSPS) is 11.4. The third-order valence-corrected chi connectivity index (χ3v) is 5.53. The van der Waals surface area contributed by atoms with Gasteiger partial charge in [-0.3, -0.25) is 9.78 Å². The number of nitrogens with zero attached hydrogens (tertiary/aromatic N) is 4. The number of carbonyl (C=O) groups is 2. The van der Waals surface area contributed by atoms with E-state index in [-0.39, 0.29) is 21.4 Å². The minimum Gasteiger partial charge on any atom is -0.366 e. The third-order valence-electron chi connectivity index (χ3n) is 4.42. The van der Waals surface area contributed by atoms with E-state index in [0.717, 1.165) is 11.0 Å². The van der Waals surface area contributed by atoms with Crippen molar-refractivity contribution in [1.29, 1.82) is 0 Å². The largest absolute Gasteiger partial charge is 0.366 e. The number of primary amides is 1. The van der Waals surface area contributed by atoms with Gasteiger partial charge >= 0.3 is 5.97 Å². The van der Waals surface area contributed by atoms with Crippen molar-refractivity contribution in [1.82, 2.24) is 19.7 Å². The highest BCUT2D eigenvalue weighted by atomic mass is 32.2. The zero-order valence-corrected chi connectivity index (χ0v) is 16.9. The van der Waals surface area contributed by atoms with Crippen molar-refractivity contribution < 1.29 is 22.8 Å². The number of sulfone groups is 1. The summed E-state index contributed by atoms with van der Waals surface area (Å²) in [7, 11) is -3.51. The number of amides is 1. The molecule has 2 N–H and O–H groups in total. The maximum atomic E-state index is 12.6. The topological polar surface area (TPSA) is 147 Å². The van der Waals surface area contributed by atoms with Gasteiger partial charge in [-0.1, -0.05) is 0 Å². The molecule has 0 fully saturated rings. The molecule has 0 aliphatic heterocycles. The van der Waals surface area contributed by atoms with E-state index in [2.05, 4.69) is 15.0 Å². The van der Waals surface area contributed by atoms with Crippen molar-refractivity contribution in [2.75, 3.05) is 6.26 Å². The van der Waals surface area contributed by atoms with Gasteiger partial charge in [-0.05, 0) is 30.3 Å². The summed E-state index contributed by atoms with van der Waals surface area (Å²) in [6.45, 7) is 0. The lowest BCUT2D eigenvalue weighted by molar-refractivity contribution is 0.0480. The Labute approximate surface area is 176 Å². The lowest BCUT2D eigenvalue weighted by atomic mass is 10.2. The molecule has 0 bridgehead atoms. The fourth-order valence-corrected chi connectivity index (χ4v) is 3.55. The second kappa shape index (κ2) is 7.61. The molecule has 0 unspecified atom stereocenters. The summed E-state index contributed by atoms with van der Waals surface area (Å²) in [5, 5.41) is 0.242. The van der Waals surface area contributed by atoms with E-state index in [1.165, 1.54) is 36.8 Å². The van der Waals surface area contributed by atoms with Crippen LogP contribution in [0.3, 0.4) is 0 Å². The molecule has 0 spiro atoms. The number of benzene rings is 1. The SMILES string of the molecule is CS(=O)(=O)c1ccc2c(c1)c(C(N)=O)cn2OC(=O)c1cnc(-c2cccnc2)nc1. The summed E-state index contributed by atoms with van der Waals surface area (Å²) in [6, 6.07) is 7.60. The number of fused-ring (bicyclic) bond motifs is 1. The van der Waals surface area contributed by atoms with Crippen LogP contribution in [0.1, 0.15) is 20.7 Å². The zero-order valence-electron chi connectivity index (χ0n) is 16.1. The summed E-state index contributed by atoms with van der Waals surface area (Å²) in [6.07, 6.45) is 8.09. The summed E-state index contributed by atoms with van der Waals surface area (Å²) in [5.41, 5.74) is 6.46. The Kier molecular flexibility index (Phi) is 4.95. The first-order chi connectivity index (χ1) is 14.7. The number of aromatic nitrogens is 4. The van der Waals surface area contributed by atoms with Crippen molar-refractivity contribution in [2.24, 2.45) is 5.73 Å². The highest BCUT2D eigenvalue weighted by molar-refractivity contribution is 7.90. The summed E-state index contributed by atoms with van der Waals surface area (Å²) < 4.78 is 24.7. The molecule has 4 aromatic rings. The summed E-state index contributed by atoms with van der Waals surface area (Å²) in [4.78, 5) is 42.0. The fourth-order valence-electron chi connectivity index (χ4n) is 2.90. The van der Waals surface area contributed by atoms with E-state index >= 15 is 0 Å². The molecule has 4 rings (SSSR count). The van der Waals surface area contributed by atoms with Crippen LogP contribution in [0.2, 0.25) is 0 Å². The van der Waals surface area contributed by atoms with Crippen LogP contribution < -0.4 is 10.6 Å². The van der Waals surface area contributed by atoms with E-state index in [4.69, 9.17) is 10.6 Å². The van der Waals surface area contributed by atoms with E-state index in [1.54, 1.807) is 24.5 Å². The first kappa shape index (κ1) is 20.2. The maximum absolute atomic E-state index is 12.6. The summed E-state index contributed by atoms with van der Waals surface area (Å²) in [5.74, 6) is -1.19. The smallest absolute Gasteiger partial charge is 0.366 e. The molecule has 156 valence electrons. The van der Waals surface area contributed by atoms with Crippen LogP contribution in [0.5, 0.6) is 0 Å². The van der Waals surface area contributed by atoms with Gasteiger partial charge in [0.25, 0.3) is 5.91 Å². The van der Waals surface area contributed by atoms with Gasteiger partial charge in [-0.25, -0.2) is 23.2 Å². The predicted octanol–water partition coefficient (Wildman–Crippen LogP) is 1.26. The molecule has 10 nitrogen and oxygen atoms in total. The standard InChI is InChI=1S/C20H15N5O5S/c1-31(28,29)14-4-5-17-15(7-14)16(18(21)26)11-25(17)30-20(27)13-9-23-19(24-10-13)12-3-2-6-22-8-12/h2-11H,1H3,(H2,21,26). The van der Waals surface area contributed by atoms with Crippen molar-refractivity contribution in [3.63, 3.8) is 0 Å². The molecular weight excluding hydrogens is 422 g/mol. The van der Waals surface area contributed by atoms with E-state index < -0.39 is 21.7 Å². The Morgan fingerprint density at radius 3 is 2.45 bits per heavy atom. The minimum absolute atomic E-state index is 0.00553. The van der Waals surface area contributed by atoms with E-state index in [9.17, 15) is 18.0 Å². The lowest BCUT2D eigenvalue weighted by Gasteiger charge is -2.07. The molecule has 0 aliphatic rings. The van der Waals surface area contributed by atoms with Crippen LogP contribution >= 0.6 is 0 Å². The number of hydrogen-bond donors (Lipinski definition) is 1. The molecule has 3 heterocycles. The second-order valence-corrected chi connectivity index (χ2v) is 8.62. The third kappa shape index (κ3) is 3.98. The highest BCUT2D eigenvalue weighted by Gasteiger charge is 2.19. The van der Waals surface area contributed by atoms with Crippen LogP contribution in [0.15, 0.2) is 66.2 Å². The average Bonchev–Trinajstić information content (AvgIpc) is 3.12. The van der Waals surface area contributed by atoms with Crippen LogP contribution in [0, 0.1) is 0 Å². The Hall–Kier alpha value is -4.12. The minimum atomic E-state index is -3.51. The number of nitrogens with two attached hydrogens (primary N) is 1. The molecular formula is C20H15N5O5S. The molecule has 0 saturated carbocycles. The van der Waals surface area contributed by atoms with Crippen molar-refractivity contribution in [2.45, 2.75) is 4.90 Å². The molecule has 31 heavy (non-hydrogen) atoms. The van der Waals surface area contributed by atoms with Gasteiger partial charge in [-0.2, -0.15) is 4.73 Å². The van der Waals surface area contributed by atoms with Crippen molar-refractivity contribution in [3.05, 3.63) is 72.4 Å². The molecule has 0 atom stereocenters. The van der Waals surface area contributed by atoms with Crippen LogP contribution in [-0.2, 0) is 9.84 Å². The van der Waals surface area contributed by atoms with Gasteiger partial charge in [0, 0.05) is 42.0 Å². The lowest BCUT2D eigenvalue weighted by Crippen LogP contribution is -2.20. The summed E-state index contributed by atoms with van der Waals surface area (Å²) >= 11 is 0. The van der Waals surface area contributed by atoms with Gasteiger partial charge in [0.15, 0.2) is 15.7 Å². The van der Waals surface area contributed by atoms with Crippen molar-refractivity contribution >= 4 is 32.6 Å². The average molecular weight is 437 g/mol. The number of pyridine rings is 1. The first-order valence-corrected chi connectivity index (χ1v) is 10.7. The molecule has 0 aliphatic carbocycles. The van der Waals surface area contributed by atoms with Gasteiger partial charge in [0.2, 0.25) is 0 Å². The van der Waals surface area contributed by atoms with Crippen LogP contribution in [0.4, 0.5) is 0 Å². The van der Waals surface area contributed by atoms with Crippen molar-refractivity contribution in [3.8, 4) is 11.4 Å². The highest BCUT2D eigenvalue weighted by Crippen LogP contribution is 2.24. The Balaban J connectivity index is 1.66. The van der Waals surface area contributed by atoms with Crippen LogP contribution in [-0.4, -0.2) is 46.2 Å². The second-order valence-electron chi connectivity index (χ2n) is 6.60.